The second kappa shape index (κ2) is 4.87. The second-order valence-corrected chi connectivity index (χ2v) is 10.3. The molecule has 90 valence electrons. The third kappa shape index (κ3) is 4.55. The molecule has 0 radical (unpaired) electrons. The van der Waals surface area contributed by atoms with Gasteiger partial charge in [-0.2, -0.15) is 13.2 Å². The zero-order valence-corrected chi connectivity index (χ0v) is 10.4. The number of halogens is 3. The van der Waals surface area contributed by atoms with Gasteiger partial charge in [0.2, 0.25) is 0 Å². The molecule has 1 fully saturated rings. The largest absolute Gasteiger partial charge is 0.388 e. The van der Waals surface area contributed by atoms with E-state index in [9.17, 15) is 13.2 Å². The molecule has 0 saturated carbocycles. The van der Waals surface area contributed by atoms with E-state index >= 15 is 0 Å². The summed E-state index contributed by atoms with van der Waals surface area (Å²) in [5, 5.41) is 0. The van der Waals surface area contributed by atoms with Crippen LogP contribution in [0.1, 0.15) is 19.3 Å². The lowest BCUT2D eigenvalue weighted by molar-refractivity contribution is -0.130. The highest BCUT2D eigenvalue weighted by molar-refractivity contribution is 6.78. The highest BCUT2D eigenvalue weighted by Crippen LogP contribution is 2.36. The fourth-order valence-corrected chi connectivity index (χ4v) is 4.92. The molecule has 0 spiro atoms. The maximum atomic E-state index is 12.1. The van der Waals surface area contributed by atoms with E-state index in [1.165, 1.54) is 0 Å². The van der Waals surface area contributed by atoms with Crippen LogP contribution in [0.4, 0.5) is 13.2 Å². The van der Waals surface area contributed by atoms with Crippen molar-refractivity contribution in [3.05, 3.63) is 0 Å². The maximum absolute atomic E-state index is 12.1. The fraction of sp³-hybridized carbons (Fsp3) is 1.00. The minimum Gasteiger partial charge on any atom is -0.381 e. The van der Waals surface area contributed by atoms with Gasteiger partial charge in [-0.05, 0) is 24.4 Å². The van der Waals surface area contributed by atoms with Crippen LogP contribution in [-0.2, 0) is 4.74 Å². The third-order valence-corrected chi connectivity index (χ3v) is 7.52. The Kier molecular flexibility index (Phi) is 4.23. The lowest BCUT2D eigenvalue weighted by Gasteiger charge is -2.35. The van der Waals surface area contributed by atoms with E-state index < -0.39 is 20.7 Å². The van der Waals surface area contributed by atoms with Crippen molar-refractivity contribution in [3.63, 3.8) is 0 Å². The molecule has 1 rings (SSSR count). The van der Waals surface area contributed by atoms with Gasteiger partial charge in [0.25, 0.3) is 0 Å². The van der Waals surface area contributed by atoms with Crippen molar-refractivity contribution in [2.24, 2.45) is 0 Å². The van der Waals surface area contributed by atoms with Crippen LogP contribution >= 0.6 is 0 Å². The van der Waals surface area contributed by atoms with E-state index in [0.717, 1.165) is 19.4 Å². The molecule has 0 aromatic carbocycles. The minimum absolute atomic E-state index is 0.338. The predicted octanol–water partition coefficient (Wildman–Crippen LogP) is 3.83. The average molecular weight is 240 g/mol. The summed E-state index contributed by atoms with van der Waals surface area (Å²) in [5.41, 5.74) is 0.411. The quantitative estimate of drug-likeness (QED) is 0.681. The highest BCUT2D eigenvalue weighted by Gasteiger charge is 2.37. The zero-order valence-electron chi connectivity index (χ0n) is 9.36. The molecule has 5 heteroatoms. The predicted molar refractivity (Wildman–Crippen MR) is 56.8 cm³/mol. The topological polar surface area (TPSA) is 9.23 Å². The Labute approximate surface area is 90.0 Å². The molecule has 1 aliphatic rings. The van der Waals surface area contributed by atoms with Crippen LogP contribution in [0.3, 0.4) is 0 Å². The number of rotatable bonds is 3. The first-order chi connectivity index (χ1) is 6.81. The fourth-order valence-electron chi connectivity index (χ4n) is 2.03. The molecule has 0 aliphatic carbocycles. The summed E-state index contributed by atoms with van der Waals surface area (Å²) in [6.07, 6.45) is -2.56. The van der Waals surface area contributed by atoms with Crippen LogP contribution in [0.2, 0.25) is 24.7 Å². The van der Waals surface area contributed by atoms with Gasteiger partial charge in [-0.25, -0.2) is 0 Å². The molecule has 1 unspecified atom stereocenters. The normalized spacial score (nSPS) is 24.2. The molecule has 1 nitrogen and oxygen atoms in total. The van der Waals surface area contributed by atoms with Gasteiger partial charge in [0.15, 0.2) is 0 Å². The van der Waals surface area contributed by atoms with Crippen LogP contribution in [0, 0.1) is 0 Å². The number of hydrogen-bond acceptors (Lipinski definition) is 1. The van der Waals surface area contributed by atoms with Crippen molar-refractivity contribution >= 4 is 8.07 Å². The Morgan fingerprint density at radius 3 is 2.47 bits per heavy atom. The molecule has 1 heterocycles. The van der Waals surface area contributed by atoms with Crippen LogP contribution < -0.4 is 0 Å². The third-order valence-electron chi connectivity index (χ3n) is 3.32. The van der Waals surface area contributed by atoms with Crippen molar-refractivity contribution < 1.29 is 17.9 Å². The lowest BCUT2D eigenvalue weighted by Crippen LogP contribution is -2.38. The molecular formula is C10H19F3OSi. The van der Waals surface area contributed by atoms with E-state index in [0.29, 0.717) is 18.2 Å². The highest BCUT2D eigenvalue weighted by atomic mass is 28.3. The van der Waals surface area contributed by atoms with Gasteiger partial charge in [0.05, 0.1) is 8.07 Å². The Morgan fingerprint density at radius 1 is 1.33 bits per heavy atom. The summed E-state index contributed by atoms with van der Waals surface area (Å²) in [5.74, 6) is 0. The Morgan fingerprint density at radius 2 is 2.00 bits per heavy atom. The average Bonchev–Trinajstić information content (AvgIpc) is 2.16. The van der Waals surface area contributed by atoms with E-state index in [-0.39, 0.29) is 0 Å². The summed E-state index contributed by atoms with van der Waals surface area (Å²) >= 11 is 0. The van der Waals surface area contributed by atoms with Gasteiger partial charge in [0, 0.05) is 19.6 Å². The van der Waals surface area contributed by atoms with Gasteiger partial charge in [-0.3, -0.25) is 0 Å². The number of hydrogen-bond donors (Lipinski definition) is 0. The van der Waals surface area contributed by atoms with E-state index in [4.69, 9.17) is 4.74 Å². The van der Waals surface area contributed by atoms with Crippen molar-refractivity contribution in [1.29, 1.82) is 0 Å². The first kappa shape index (κ1) is 13.0. The molecule has 15 heavy (non-hydrogen) atoms. The molecule has 0 aromatic rings. The smallest absolute Gasteiger partial charge is 0.381 e. The zero-order chi connectivity index (χ0) is 11.5. The van der Waals surface area contributed by atoms with Gasteiger partial charge in [0.1, 0.15) is 0 Å². The van der Waals surface area contributed by atoms with Gasteiger partial charge in [-0.1, -0.05) is 13.1 Å². The maximum Gasteiger partial charge on any atom is 0.388 e. The van der Waals surface area contributed by atoms with E-state index in [1.807, 2.05) is 0 Å². The summed E-state index contributed by atoms with van der Waals surface area (Å²) in [4.78, 5) is 0. The second-order valence-electron chi connectivity index (χ2n) is 5.02. The number of alkyl halides is 3. The molecule has 1 atom stereocenters. The summed E-state index contributed by atoms with van der Waals surface area (Å²) in [7, 11) is -1.76. The Hall–Kier alpha value is -0.0331. The van der Waals surface area contributed by atoms with Crippen molar-refractivity contribution in [3.8, 4) is 0 Å². The van der Waals surface area contributed by atoms with Crippen LogP contribution in [0.5, 0.6) is 0 Å². The molecular weight excluding hydrogens is 221 g/mol. The lowest BCUT2D eigenvalue weighted by atomic mass is 10.2. The molecule has 0 amide bonds. The standard InChI is InChI=1S/C10H19F3OSi/c1-15(2,7-5-10(11,12)13)9-4-3-6-14-8-9/h9H,3-8H2,1-2H3. The minimum atomic E-state index is -4.00. The van der Waals surface area contributed by atoms with Gasteiger partial charge < -0.3 is 4.74 Å². The van der Waals surface area contributed by atoms with Crippen molar-refractivity contribution in [2.75, 3.05) is 13.2 Å². The Bertz CT molecular complexity index is 197. The molecule has 1 saturated heterocycles. The van der Waals surface area contributed by atoms with Gasteiger partial charge >= 0.3 is 6.18 Å². The number of ether oxygens (including phenoxy) is 1. The van der Waals surface area contributed by atoms with Gasteiger partial charge in [-0.15, -0.1) is 0 Å². The first-order valence-corrected chi connectivity index (χ1v) is 8.74. The molecule has 0 N–H and O–H groups in total. The molecule has 0 aromatic heterocycles. The van der Waals surface area contributed by atoms with E-state index in [2.05, 4.69) is 13.1 Å². The van der Waals surface area contributed by atoms with E-state index in [1.54, 1.807) is 0 Å². The van der Waals surface area contributed by atoms with Crippen LogP contribution in [0.25, 0.3) is 0 Å². The van der Waals surface area contributed by atoms with Crippen LogP contribution in [-0.4, -0.2) is 27.5 Å². The molecule has 1 aliphatic heterocycles. The SMILES string of the molecule is C[Si](C)(CCC(F)(F)F)C1CCCOC1. The van der Waals surface area contributed by atoms with Crippen LogP contribution in [0.15, 0.2) is 0 Å². The van der Waals surface area contributed by atoms with Crippen molar-refractivity contribution in [1.82, 2.24) is 0 Å². The first-order valence-electron chi connectivity index (χ1n) is 5.46. The Balaban J connectivity index is 2.42. The monoisotopic (exact) mass is 240 g/mol. The van der Waals surface area contributed by atoms with Crippen molar-refractivity contribution in [2.45, 2.75) is 50.1 Å². The summed E-state index contributed by atoms with van der Waals surface area (Å²) < 4.78 is 41.8. The summed E-state index contributed by atoms with van der Waals surface area (Å²) in [6, 6.07) is 0.338. The summed E-state index contributed by atoms with van der Waals surface area (Å²) in [6.45, 7) is 5.56. The molecule has 0 bridgehead atoms.